The van der Waals surface area contributed by atoms with Crippen LogP contribution in [0.15, 0.2) is 42.5 Å². The maximum Gasteiger partial charge on any atom is 0.252 e. The van der Waals surface area contributed by atoms with E-state index in [0.29, 0.717) is 6.54 Å². The normalized spacial score (nSPS) is 12.1. The Morgan fingerprint density at radius 1 is 1.23 bits per heavy atom. The van der Waals surface area contributed by atoms with Crippen molar-refractivity contribution in [1.82, 2.24) is 10.2 Å². The van der Waals surface area contributed by atoms with E-state index in [1.807, 2.05) is 24.3 Å². The number of likely N-dealkylation sites (N-methyl/N-ethyl adjacent to an activating group) is 1. The van der Waals surface area contributed by atoms with Crippen molar-refractivity contribution in [2.75, 3.05) is 26.7 Å². The number of hydrogen-bond acceptors (Lipinski definition) is 3. The summed E-state index contributed by atoms with van der Waals surface area (Å²) in [7, 11) is 1.63. The molecule has 0 heterocycles. The Bertz CT molecular complexity index is 750. The van der Waals surface area contributed by atoms with E-state index in [9.17, 15) is 9.18 Å². The highest BCUT2D eigenvalue weighted by Crippen LogP contribution is 2.24. The van der Waals surface area contributed by atoms with Gasteiger partial charge in [-0.3, -0.25) is 9.69 Å². The first-order valence-electron chi connectivity index (χ1n) is 8.61. The minimum absolute atomic E-state index is 0.0109. The number of nitrogens with one attached hydrogen (secondary N) is 1. The van der Waals surface area contributed by atoms with Crippen LogP contribution in [0.1, 0.15) is 35.8 Å². The molecule has 1 atom stereocenters. The summed E-state index contributed by atoms with van der Waals surface area (Å²) >= 11 is 5.99. The molecule has 0 aliphatic heterocycles. The highest BCUT2D eigenvalue weighted by atomic mass is 35.5. The van der Waals surface area contributed by atoms with Crippen LogP contribution >= 0.6 is 11.6 Å². The summed E-state index contributed by atoms with van der Waals surface area (Å²) in [6, 6.07) is 11.6. The molecule has 0 saturated carbocycles. The Kier molecular flexibility index (Phi) is 7.42. The second kappa shape index (κ2) is 9.55. The first kappa shape index (κ1) is 20.2. The number of amides is 1. The van der Waals surface area contributed by atoms with E-state index >= 15 is 0 Å². The van der Waals surface area contributed by atoms with Crippen LogP contribution in [0.2, 0.25) is 5.02 Å². The van der Waals surface area contributed by atoms with Gasteiger partial charge < -0.3 is 10.1 Å². The molecule has 0 saturated heterocycles. The molecule has 4 nitrogen and oxygen atoms in total. The Morgan fingerprint density at radius 3 is 2.58 bits per heavy atom. The van der Waals surface area contributed by atoms with Gasteiger partial charge in [0.1, 0.15) is 11.6 Å². The molecule has 0 spiro atoms. The van der Waals surface area contributed by atoms with Gasteiger partial charge in [0.15, 0.2) is 0 Å². The second-order valence-corrected chi connectivity index (χ2v) is 6.26. The SMILES string of the molecule is CCN(CC)C(CNC(=O)c1ccc(F)cc1Cl)c1cccc(OC)c1. The number of rotatable bonds is 8. The standard InChI is InChI=1S/C20H24ClFN2O2/c1-4-24(5-2)19(14-7-6-8-16(11-14)26-3)13-23-20(25)17-10-9-15(22)12-18(17)21/h6-12,19H,4-5,13H2,1-3H3,(H,23,25). The lowest BCUT2D eigenvalue weighted by Gasteiger charge is -2.30. The molecule has 2 aromatic rings. The Morgan fingerprint density at radius 2 is 1.96 bits per heavy atom. The fraction of sp³-hybridized carbons (Fsp3) is 0.350. The third kappa shape index (κ3) is 4.96. The molecule has 140 valence electrons. The van der Waals surface area contributed by atoms with Crippen molar-refractivity contribution in [2.24, 2.45) is 0 Å². The molecular formula is C20H24ClFN2O2. The van der Waals surface area contributed by atoms with Gasteiger partial charge in [0, 0.05) is 6.54 Å². The zero-order valence-electron chi connectivity index (χ0n) is 15.3. The molecule has 0 fully saturated rings. The highest BCUT2D eigenvalue weighted by molar-refractivity contribution is 6.33. The molecule has 0 radical (unpaired) electrons. The van der Waals surface area contributed by atoms with Gasteiger partial charge in [0.25, 0.3) is 5.91 Å². The van der Waals surface area contributed by atoms with Crippen molar-refractivity contribution < 1.29 is 13.9 Å². The van der Waals surface area contributed by atoms with Crippen LogP contribution < -0.4 is 10.1 Å². The number of carbonyl (C=O) groups is 1. The van der Waals surface area contributed by atoms with Crippen LogP contribution in [-0.2, 0) is 0 Å². The number of methoxy groups -OCH3 is 1. The summed E-state index contributed by atoms with van der Waals surface area (Å²) in [6.45, 7) is 6.24. The molecular weight excluding hydrogens is 355 g/mol. The van der Waals surface area contributed by atoms with Gasteiger partial charge in [-0.1, -0.05) is 37.6 Å². The Labute approximate surface area is 158 Å². The van der Waals surface area contributed by atoms with Crippen molar-refractivity contribution in [1.29, 1.82) is 0 Å². The molecule has 1 unspecified atom stereocenters. The van der Waals surface area contributed by atoms with Crippen LogP contribution in [0.4, 0.5) is 4.39 Å². The fourth-order valence-electron chi connectivity index (χ4n) is 2.93. The Hall–Kier alpha value is -2.11. The van der Waals surface area contributed by atoms with Crippen LogP contribution in [-0.4, -0.2) is 37.6 Å². The fourth-order valence-corrected chi connectivity index (χ4v) is 3.18. The van der Waals surface area contributed by atoms with E-state index in [1.165, 1.54) is 12.1 Å². The van der Waals surface area contributed by atoms with E-state index in [-0.39, 0.29) is 22.5 Å². The predicted molar refractivity (Wildman–Crippen MR) is 102 cm³/mol. The van der Waals surface area contributed by atoms with E-state index in [0.717, 1.165) is 30.5 Å². The zero-order valence-corrected chi connectivity index (χ0v) is 16.0. The number of halogens is 2. The largest absolute Gasteiger partial charge is 0.497 e. The molecule has 1 N–H and O–H groups in total. The van der Waals surface area contributed by atoms with Gasteiger partial charge in [0.2, 0.25) is 0 Å². The summed E-state index contributed by atoms with van der Waals surface area (Å²) in [5.41, 5.74) is 1.32. The quantitative estimate of drug-likeness (QED) is 0.744. The third-order valence-corrected chi connectivity index (χ3v) is 4.68. The van der Waals surface area contributed by atoms with Crippen molar-refractivity contribution >= 4 is 17.5 Å². The lowest BCUT2D eigenvalue weighted by Crippen LogP contribution is -2.38. The van der Waals surface area contributed by atoms with Gasteiger partial charge in [-0.05, 0) is 49.0 Å². The predicted octanol–water partition coefficient (Wildman–Crippen LogP) is 4.30. The summed E-state index contributed by atoms with van der Waals surface area (Å²) in [6.07, 6.45) is 0. The maximum atomic E-state index is 13.2. The van der Waals surface area contributed by atoms with Crippen LogP contribution in [0.3, 0.4) is 0 Å². The summed E-state index contributed by atoms with van der Waals surface area (Å²) in [5.74, 6) is -0.0217. The van der Waals surface area contributed by atoms with Crippen molar-refractivity contribution in [3.05, 3.63) is 64.4 Å². The van der Waals surface area contributed by atoms with E-state index in [2.05, 4.69) is 24.1 Å². The van der Waals surface area contributed by atoms with Crippen molar-refractivity contribution in [3.8, 4) is 5.75 Å². The summed E-state index contributed by atoms with van der Waals surface area (Å²) in [5, 5.41) is 3.02. The van der Waals surface area contributed by atoms with Crippen LogP contribution in [0.5, 0.6) is 5.75 Å². The van der Waals surface area contributed by atoms with E-state index < -0.39 is 5.82 Å². The Balaban J connectivity index is 2.19. The number of nitrogens with zero attached hydrogens (tertiary/aromatic N) is 1. The van der Waals surface area contributed by atoms with E-state index in [1.54, 1.807) is 7.11 Å². The van der Waals surface area contributed by atoms with Gasteiger partial charge in [0.05, 0.1) is 23.7 Å². The first-order chi connectivity index (χ1) is 12.5. The van der Waals surface area contributed by atoms with E-state index in [4.69, 9.17) is 16.3 Å². The van der Waals surface area contributed by atoms with Gasteiger partial charge >= 0.3 is 0 Å². The number of ether oxygens (including phenoxy) is 1. The average Bonchev–Trinajstić information content (AvgIpc) is 2.65. The smallest absolute Gasteiger partial charge is 0.252 e. The molecule has 0 aliphatic rings. The molecule has 0 aromatic heterocycles. The van der Waals surface area contributed by atoms with Gasteiger partial charge in [-0.25, -0.2) is 4.39 Å². The minimum atomic E-state index is -0.469. The third-order valence-electron chi connectivity index (χ3n) is 4.36. The monoisotopic (exact) mass is 378 g/mol. The van der Waals surface area contributed by atoms with Crippen LogP contribution in [0.25, 0.3) is 0 Å². The topological polar surface area (TPSA) is 41.6 Å². The number of hydrogen-bond donors (Lipinski definition) is 1. The highest BCUT2D eigenvalue weighted by Gasteiger charge is 2.20. The molecule has 2 rings (SSSR count). The maximum absolute atomic E-state index is 13.2. The molecule has 6 heteroatoms. The molecule has 2 aromatic carbocycles. The van der Waals surface area contributed by atoms with Gasteiger partial charge in [-0.15, -0.1) is 0 Å². The van der Waals surface area contributed by atoms with Crippen molar-refractivity contribution in [3.63, 3.8) is 0 Å². The molecule has 0 bridgehead atoms. The molecule has 0 aliphatic carbocycles. The zero-order chi connectivity index (χ0) is 19.1. The number of carbonyl (C=O) groups excluding carboxylic acids is 1. The first-order valence-corrected chi connectivity index (χ1v) is 8.99. The molecule has 26 heavy (non-hydrogen) atoms. The summed E-state index contributed by atoms with van der Waals surface area (Å²) in [4.78, 5) is 14.7. The van der Waals surface area contributed by atoms with Crippen molar-refractivity contribution in [2.45, 2.75) is 19.9 Å². The lowest BCUT2D eigenvalue weighted by atomic mass is 10.0. The minimum Gasteiger partial charge on any atom is -0.497 e. The van der Waals surface area contributed by atoms with Gasteiger partial charge in [-0.2, -0.15) is 0 Å². The lowest BCUT2D eigenvalue weighted by molar-refractivity contribution is 0.0935. The second-order valence-electron chi connectivity index (χ2n) is 5.85. The summed E-state index contributed by atoms with van der Waals surface area (Å²) < 4.78 is 18.5. The number of benzene rings is 2. The van der Waals surface area contributed by atoms with Crippen LogP contribution in [0, 0.1) is 5.82 Å². The molecule has 1 amide bonds. The average molecular weight is 379 g/mol.